The summed E-state index contributed by atoms with van der Waals surface area (Å²) in [5, 5.41) is 0. The third kappa shape index (κ3) is 3.23. The summed E-state index contributed by atoms with van der Waals surface area (Å²) in [6.45, 7) is 2.93. The maximum Gasteiger partial charge on any atom is 0.327 e. The van der Waals surface area contributed by atoms with Gasteiger partial charge in [-0.05, 0) is 16.3 Å². The molecule has 1 atom stereocenters. The van der Waals surface area contributed by atoms with Crippen LogP contribution in [-0.2, 0) is 16.5 Å². The number of rotatable bonds is 5. The van der Waals surface area contributed by atoms with Crippen LogP contribution >= 0.6 is 6.64 Å². The van der Waals surface area contributed by atoms with Gasteiger partial charge in [0.15, 0.2) is 0 Å². The fraction of sp³-hybridized carbons (Fsp3) is 0. The lowest BCUT2D eigenvalue weighted by Crippen LogP contribution is -2.10. The second-order valence-corrected chi connectivity index (χ2v) is 4.58. The first-order valence-electron chi connectivity index (χ1n) is 2.77. The molecule has 0 aromatic rings. The van der Waals surface area contributed by atoms with E-state index in [1.54, 1.807) is 0 Å². The number of hydrogen-bond acceptors (Lipinski definition) is 3. The zero-order chi connectivity index (χ0) is 9.61. The third-order valence-electron chi connectivity index (χ3n) is 0.859. The van der Waals surface area contributed by atoms with Gasteiger partial charge in [0.05, 0.1) is 0 Å². The van der Waals surface area contributed by atoms with Crippen molar-refractivity contribution in [3.63, 3.8) is 0 Å². The predicted molar refractivity (Wildman–Crippen MR) is 49.4 cm³/mol. The Labute approximate surface area is 74.8 Å². The largest absolute Gasteiger partial charge is 0.327 e. The Bertz CT molecular complexity index is 246. The van der Waals surface area contributed by atoms with E-state index in [2.05, 4.69) is 34.7 Å². The van der Waals surface area contributed by atoms with Crippen LogP contribution in [0.2, 0.25) is 0 Å². The average molecular weight is 210 g/mol. The molecule has 0 aliphatic heterocycles. The Balaban J connectivity index is 4.55. The first kappa shape index (κ1) is 11.4. The van der Waals surface area contributed by atoms with Crippen LogP contribution in [0.25, 0.3) is 0 Å². The fourth-order valence-corrected chi connectivity index (χ4v) is 1.16. The molecule has 12 heavy (non-hydrogen) atoms. The van der Waals surface area contributed by atoms with Gasteiger partial charge in [-0.15, -0.1) is 4.73 Å². The lowest BCUT2D eigenvalue weighted by molar-refractivity contribution is -0.0112. The van der Waals surface area contributed by atoms with Gasteiger partial charge in [0.1, 0.15) is 6.34 Å². The van der Waals surface area contributed by atoms with E-state index in [0.29, 0.717) is 0 Å². The first-order valence-corrected chi connectivity index (χ1v) is 5.39. The molecule has 0 radical (unpaired) electrons. The monoisotopic (exact) mass is 210 g/mol. The van der Waals surface area contributed by atoms with Crippen LogP contribution in [-0.4, -0.2) is 15.9 Å². The summed E-state index contributed by atoms with van der Waals surface area (Å²) in [5.74, 6) is 0. The molecule has 0 fully saturated rings. The minimum Gasteiger partial charge on any atom is -0.327 e. The molecule has 0 saturated heterocycles. The van der Waals surface area contributed by atoms with Crippen LogP contribution in [0.5, 0.6) is 0 Å². The molecular formula is C5H8FN2O2PS. The predicted octanol–water partition coefficient (Wildman–Crippen LogP) is 1.72. The van der Waals surface area contributed by atoms with Crippen molar-refractivity contribution < 1.29 is 14.1 Å². The van der Waals surface area contributed by atoms with E-state index in [1.165, 1.54) is 6.20 Å². The van der Waals surface area contributed by atoms with Gasteiger partial charge in [0.2, 0.25) is 0 Å². The van der Waals surface area contributed by atoms with Crippen LogP contribution in [0.3, 0.4) is 0 Å². The Hall–Kier alpha value is -0.550. The Morgan fingerprint density at radius 3 is 2.58 bits per heavy atom. The van der Waals surface area contributed by atoms with E-state index >= 15 is 0 Å². The highest BCUT2D eigenvalue weighted by Crippen LogP contribution is 2.46. The SMILES string of the molecule is C=C/N=C\N(C=C)P(O)(=S)OF. The molecule has 0 heterocycles. The van der Waals surface area contributed by atoms with Crippen molar-refractivity contribution in [3.8, 4) is 0 Å². The van der Waals surface area contributed by atoms with Crippen LogP contribution in [0.15, 0.2) is 30.6 Å². The van der Waals surface area contributed by atoms with E-state index in [9.17, 15) is 4.53 Å². The maximum atomic E-state index is 11.7. The number of halogens is 1. The summed E-state index contributed by atoms with van der Waals surface area (Å²) >= 11 is 4.38. The molecule has 7 heteroatoms. The van der Waals surface area contributed by atoms with E-state index in [1.807, 2.05) is 0 Å². The zero-order valence-corrected chi connectivity index (χ0v) is 7.84. The molecule has 4 nitrogen and oxygen atoms in total. The molecule has 0 spiro atoms. The van der Waals surface area contributed by atoms with E-state index in [0.717, 1.165) is 17.2 Å². The summed E-state index contributed by atoms with van der Waals surface area (Å²) in [7, 11) is 0. The standard InChI is InChI=1S/C5H8FN2O2PS/c1-3-7-5-8(4-2)11(9,12)10-6/h3-5H,1-2H2,(H,9,12)/b7-5-. The summed E-state index contributed by atoms with van der Waals surface area (Å²) in [5.41, 5.74) is 0. The third-order valence-corrected chi connectivity index (χ3v) is 2.62. The van der Waals surface area contributed by atoms with Gasteiger partial charge in [0, 0.05) is 12.4 Å². The number of aliphatic imine (C=N–C) groups is 1. The highest BCUT2D eigenvalue weighted by Gasteiger charge is 2.20. The van der Waals surface area contributed by atoms with Crippen molar-refractivity contribution in [2.24, 2.45) is 4.99 Å². The van der Waals surface area contributed by atoms with Gasteiger partial charge in [-0.1, -0.05) is 13.2 Å². The van der Waals surface area contributed by atoms with Gasteiger partial charge in [-0.25, -0.2) is 4.99 Å². The zero-order valence-electron chi connectivity index (χ0n) is 6.13. The molecule has 1 N–H and O–H groups in total. The Morgan fingerprint density at radius 2 is 2.25 bits per heavy atom. The van der Waals surface area contributed by atoms with Gasteiger partial charge in [-0.3, -0.25) is 4.67 Å². The van der Waals surface area contributed by atoms with Gasteiger partial charge >= 0.3 is 6.64 Å². The smallest absolute Gasteiger partial charge is 0.327 e. The summed E-state index contributed by atoms with van der Waals surface area (Å²) in [6.07, 6.45) is 3.37. The van der Waals surface area contributed by atoms with Crippen molar-refractivity contribution in [1.82, 2.24) is 4.67 Å². The summed E-state index contributed by atoms with van der Waals surface area (Å²) in [6, 6.07) is 0. The molecule has 0 bridgehead atoms. The molecule has 0 aromatic carbocycles. The van der Waals surface area contributed by atoms with E-state index in [4.69, 9.17) is 4.89 Å². The maximum absolute atomic E-state index is 11.7. The van der Waals surface area contributed by atoms with Crippen molar-refractivity contribution >= 4 is 24.8 Å². The number of hydrogen-bond donors (Lipinski definition) is 1. The van der Waals surface area contributed by atoms with E-state index in [-0.39, 0.29) is 0 Å². The highest BCUT2D eigenvalue weighted by molar-refractivity contribution is 8.08. The normalized spacial score (nSPS) is 15.5. The summed E-state index contributed by atoms with van der Waals surface area (Å²) < 4.78 is 15.7. The van der Waals surface area contributed by atoms with Crippen LogP contribution in [0.1, 0.15) is 0 Å². The lowest BCUT2D eigenvalue weighted by atomic mass is 10.9. The summed E-state index contributed by atoms with van der Waals surface area (Å²) in [4.78, 5) is 12.6. The Morgan fingerprint density at radius 1 is 1.67 bits per heavy atom. The molecule has 1 unspecified atom stereocenters. The van der Waals surface area contributed by atoms with Crippen LogP contribution in [0.4, 0.5) is 4.53 Å². The molecule has 0 rings (SSSR count). The molecule has 0 aliphatic carbocycles. The number of nitrogens with zero attached hydrogens (tertiary/aromatic N) is 2. The fourth-order valence-electron chi connectivity index (χ4n) is 0.367. The highest BCUT2D eigenvalue weighted by atomic mass is 32.5. The van der Waals surface area contributed by atoms with Gasteiger partial charge < -0.3 is 4.89 Å². The lowest BCUT2D eigenvalue weighted by Gasteiger charge is -2.18. The first-order chi connectivity index (χ1) is 5.58. The second kappa shape index (κ2) is 5.16. The van der Waals surface area contributed by atoms with Crippen LogP contribution < -0.4 is 0 Å². The molecular weight excluding hydrogens is 202 g/mol. The second-order valence-electron chi connectivity index (χ2n) is 1.57. The molecule has 0 aliphatic rings. The molecule has 68 valence electrons. The molecule has 0 saturated carbocycles. The van der Waals surface area contributed by atoms with Crippen LogP contribution in [0, 0.1) is 0 Å². The van der Waals surface area contributed by atoms with Crippen molar-refractivity contribution in [2.45, 2.75) is 0 Å². The minimum atomic E-state index is -3.63. The van der Waals surface area contributed by atoms with Crippen molar-refractivity contribution in [3.05, 3.63) is 25.6 Å². The van der Waals surface area contributed by atoms with Crippen molar-refractivity contribution in [2.75, 3.05) is 0 Å². The van der Waals surface area contributed by atoms with Gasteiger partial charge in [0.25, 0.3) is 0 Å². The average Bonchev–Trinajstić information content (AvgIpc) is 2.05. The minimum absolute atomic E-state index is 0.865. The van der Waals surface area contributed by atoms with Gasteiger partial charge in [-0.2, -0.15) is 0 Å². The molecule has 0 amide bonds. The molecule has 0 aromatic heterocycles. The van der Waals surface area contributed by atoms with Crippen molar-refractivity contribution in [1.29, 1.82) is 0 Å². The quantitative estimate of drug-likeness (QED) is 0.426. The Kier molecular flexibility index (Phi) is 4.92. The van der Waals surface area contributed by atoms with E-state index < -0.39 is 6.64 Å². The topological polar surface area (TPSA) is 45.1 Å².